The number of carbonyl (C=O) groups excluding carboxylic acids is 1. The number of allylic oxidation sites excluding steroid dienone is 1. The van der Waals surface area contributed by atoms with Crippen LogP contribution in [0.4, 0.5) is 0 Å². The van der Waals surface area contributed by atoms with Crippen molar-refractivity contribution in [1.82, 2.24) is 5.32 Å². The van der Waals surface area contributed by atoms with Crippen molar-refractivity contribution in [2.45, 2.75) is 45.3 Å². The van der Waals surface area contributed by atoms with Gasteiger partial charge in [-0.2, -0.15) is 0 Å². The molecule has 5 heteroatoms. The normalized spacial score (nSPS) is 24.8. The number of aliphatic hydroxyl groups is 1. The second kappa shape index (κ2) is 9.90. The summed E-state index contributed by atoms with van der Waals surface area (Å²) in [7, 11) is 0. The van der Waals surface area contributed by atoms with E-state index in [0.29, 0.717) is 24.8 Å². The van der Waals surface area contributed by atoms with Crippen molar-refractivity contribution in [3.8, 4) is 0 Å². The van der Waals surface area contributed by atoms with Gasteiger partial charge in [-0.1, -0.05) is 30.3 Å². The molecular weight excluding hydrogens is 342 g/mol. The summed E-state index contributed by atoms with van der Waals surface area (Å²) in [5.41, 5.74) is 1.20. The van der Waals surface area contributed by atoms with Gasteiger partial charge in [-0.05, 0) is 62.5 Å². The lowest BCUT2D eigenvalue weighted by atomic mass is 9.82. The first-order valence-electron chi connectivity index (χ1n) is 10.2. The molecule has 0 unspecified atom stereocenters. The molecule has 1 heterocycles. The molecule has 1 fully saturated rings. The number of rotatable bonds is 10. The number of amides is 1. The van der Waals surface area contributed by atoms with Crippen LogP contribution in [0.1, 0.15) is 38.2 Å². The van der Waals surface area contributed by atoms with Crippen molar-refractivity contribution in [1.29, 1.82) is 0 Å². The lowest BCUT2D eigenvalue weighted by molar-refractivity contribution is -0.173. The SMILES string of the molecule is CCO[C@@H]1OC(C(=O)NCCc2ccccc2)=C[C@H](C2CC2)[C@H]1CCCO. The van der Waals surface area contributed by atoms with E-state index in [0.717, 1.165) is 19.3 Å². The van der Waals surface area contributed by atoms with Gasteiger partial charge in [-0.3, -0.25) is 4.79 Å². The minimum Gasteiger partial charge on any atom is -0.459 e. The minimum absolute atomic E-state index is 0.165. The molecule has 0 aromatic heterocycles. The van der Waals surface area contributed by atoms with Crippen LogP contribution in [0.25, 0.3) is 0 Å². The van der Waals surface area contributed by atoms with Crippen LogP contribution in [0, 0.1) is 17.8 Å². The van der Waals surface area contributed by atoms with Crippen molar-refractivity contribution >= 4 is 5.91 Å². The lowest BCUT2D eigenvalue weighted by Crippen LogP contribution is -2.40. The number of carbonyl (C=O) groups is 1. The van der Waals surface area contributed by atoms with E-state index in [4.69, 9.17) is 9.47 Å². The quantitative estimate of drug-likeness (QED) is 0.661. The topological polar surface area (TPSA) is 67.8 Å². The third kappa shape index (κ3) is 5.56. The first-order chi connectivity index (χ1) is 13.2. The van der Waals surface area contributed by atoms with Gasteiger partial charge in [0.25, 0.3) is 5.91 Å². The Labute approximate surface area is 161 Å². The number of hydrogen-bond acceptors (Lipinski definition) is 4. The minimum atomic E-state index is -0.410. The molecular formula is C22H31NO4. The number of benzene rings is 1. The standard InChI is InChI=1S/C22H31NO4/c1-2-26-22-18(9-6-14-24)19(17-10-11-17)15-20(27-22)21(25)23-13-12-16-7-4-3-5-8-16/h3-5,7-8,15,17-19,22,24H,2,6,9-14H2,1H3,(H,23,25)/t18-,19-,22-/m1/s1. The van der Waals surface area contributed by atoms with Crippen molar-refractivity contribution < 1.29 is 19.4 Å². The van der Waals surface area contributed by atoms with Crippen molar-refractivity contribution in [2.75, 3.05) is 19.8 Å². The summed E-state index contributed by atoms with van der Waals surface area (Å²) in [6.07, 6.45) is 6.35. The summed E-state index contributed by atoms with van der Waals surface area (Å²) in [6.45, 7) is 3.23. The Balaban J connectivity index is 1.63. The number of aliphatic hydroxyl groups excluding tert-OH is 1. The fourth-order valence-electron chi connectivity index (χ4n) is 3.86. The van der Waals surface area contributed by atoms with Gasteiger partial charge < -0.3 is 19.9 Å². The van der Waals surface area contributed by atoms with Gasteiger partial charge >= 0.3 is 0 Å². The Hall–Kier alpha value is -1.85. The van der Waals surface area contributed by atoms with E-state index in [9.17, 15) is 9.90 Å². The Bertz CT molecular complexity index is 626. The van der Waals surface area contributed by atoms with E-state index in [1.165, 1.54) is 18.4 Å². The maximum atomic E-state index is 12.6. The highest BCUT2D eigenvalue weighted by Gasteiger charge is 2.43. The molecule has 3 rings (SSSR count). The molecule has 3 atom stereocenters. The highest BCUT2D eigenvalue weighted by molar-refractivity contribution is 5.91. The summed E-state index contributed by atoms with van der Waals surface area (Å²) in [6, 6.07) is 10.1. The summed E-state index contributed by atoms with van der Waals surface area (Å²) in [5.74, 6) is 1.32. The molecule has 1 amide bonds. The van der Waals surface area contributed by atoms with E-state index < -0.39 is 6.29 Å². The van der Waals surface area contributed by atoms with Crippen LogP contribution in [0.2, 0.25) is 0 Å². The summed E-state index contributed by atoms with van der Waals surface area (Å²) in [4.78, 5) is 12.6. The molecule has 0 bridgehead atoms. The van der Waals surface area contributed by atoms with E-state index in [-0.39, 0.29) is 24.3 Å². The second-order valence-electron chi connectivity index (χ2n) is 7.41. The second-order valence-corrected chi connectivity index (χ2v) is 7.41. The first kappa shape index (κ1) is 19.9. The summed E-state index contributed by atoms with van der Waals surface area (Å²) < 4.78 is 11.8. The Kier molecular flexibility index (Phi) is 7.30. The van der Waals surface area contributed by atoms with Gasteiger partial charge in [-0.25, -0.2) is 0 Å². The van der Waals surface area contributed by atoms with Gasteiger partial charge in [0.15, 0.2) is 5.76 Å². The van der Waals surface area contributed by atoms with Crippen LogP contribution in [0.15, 0.2) is 42.2 Å². The molecule has 1 aliphatic heterocycles. The monoisotopic (exact) mass is 373 g/mol. The molecule has 1 aromatic rings. The van der Waals surface area contributed by atoms with Crippen LogP contribution in [-0.2, 0) is 20.7 Å². The molecule has 0 saturated heterocycles. The van der Waals surface area contributed by atoms with Crippen molar-refractivity contribution in [2.24, 2.45) is 17.8 Å². The Morgan fingerprint density at radius 1 is 1.30 bits per heavy atom. The molecule has 1 aromatic carbocycles. The van der Waals surface area contributed by atoms with Gasteiger partial charge in [0.2, 0.25) is 6.29 Å². The molecule has 5 nitrogen and oxygen atoms in total. The Morgan fingerprint density at radius 2 is 2.07 bits per heavy atom. The molecule has 27 heavy (non-hydrogen) atoms. The third-order valence-electron chi connectivity index (χ3n) is 5.39. The van der Waals surface area contributed by atoms with E-state index in [1.807, 2.05) is 31.2 Å². The van der Waals surface area contributed by atoms with Crippen LogP contribution in [0.5, 0.6) is 0 Å². The van der Waals surface area contributed by atoms with Crippen molar-refractivity contribution in [3.63, 3.8) is 0 Å². The molecule has 1 aliphatic carbocycles. The third-order valence-corrected chi connectivity index (χ3v) is 5.39. The average Bonchev–Trinajstić information content (AvgIpc) is 3.52. The molecule has 2 aliphatic rings. The van der Waals surface area contributed by atoms with Gasteiger partial charge in [0.1, 0.15) is 0 Å². The highest BCUT2D eigenvalue weighted by Crippen LogP contribution is 2.47. The summed E-state index contributed by atoms with van der Waals surface area (Å²) in [5, 5.41) is 12.2. The maximum absolute atomic E-state index is 12.6. The Morgan fingerprint density at radius 3 is 2.74 bits per heavy atom. The van der Waals surface area contributed by atoms with Gasteiger partial charge in [0, 0.05) is 25.7 Å². The number of nitrogens with one attached hydrogen (secondary N) is 1. The fourth-order valence-corrected chi connectivity index (χ4v) is 3.86. The lowest BCUT2D eigenvalue weighted by Gasteiger charge is -2.37. The van der Waals surface area contributed by atoms with Crippen molar-refractivity contribution in [3.05, 3.63) is 47.7 Å². The molecule has 0 radical (unpaired) electrons. The van der Waals surface area contributed by atoms with Crippen LogP contribution in [-0.4, -0.2) is 37.1 Å². The molecule has 0 spiro atoms. The van der Waals surface area contributed by atoms with Crippen LogP contribution < -0.4 is 5.32 Å². The molecule has 1 saturated carbocycles. The zero-order valence-corrected chi connectivity index (χ0v) is 16.1. The smallest absolute Gasteiger partial charge is 0.286 e. The zero-order valence-electron chi connectivity index (χ0n) is 16.1. The zero-order chi connectivity index (χ0) is 19.1. The van der Waals surface area contributed by atoms with E-state index in [2.05, 4.69) is 17.4 Å². The predicted molar refractivity (Wildman–Crippen MR) is 104 cm³/mol. The summed E-state index contributed by atoms with van der Waals surface area (Å²) >= 11 is 0. The largest absolute Gasteiger partial charge is 0.459 e. The molecule has 148 valence electrons. The number of ether oxygens (including phenoxy) is 2. The van der Waals surface area contributed by atoms with Crippen LogP contribution >= 0.6 is 0 Å². The van der Waals surface area contributed by atoms with E-state index >= 15 is 0 Å². The average molecular weight is 373 g/mol. The van der Waals surface area contributed by atoms with Gasteiger partial charge in [-0.15, -0.1) is 0 Å². The highest BCUT2D eigenvalue weighted by atomic mass is 16.7. The van der Waals surface area contributed by atoms with Gasteiger partial charge in [0.05, 0.1) is 0 Å². The van der Waals surface area contributed by atoms with E-state index in [1.54, 1.807) is 0 Å². The molecule has 2 N–H and O–H groups in total. The first-order valence-corrected chi connectivity index (χ1v) is 10.2. The maximum Gasteiger partial charge on any atom is 0.286 e. The fraction of sp³-hybridized carbons (Fsp3) is 0.591. The number of hydrogen-bond donors (Lipinski definition) is 2. The van der Waals surface area contributed by atoms with Crippen LogP contribution in [0.3, 0.4) is 0 Å². The predicted octanol–water partition coefficient (Wildman–Crippen LogP) is 3.04.